The summed E-state index contributed by atoms with van der Waals surface area (Å²) in [5.74, 6) is 0.999. The topological polar surface area (TPSA) is 99.7 Å². The molecule has 0 N–H and O–H groups in total. The quantitative estimate of drug-likeness (QED) is 0.401. The molecule has 1 amide bonds. The molecule has 0 aliphatic rings. The second-order valence-electron chi connectivity index (χ2n) is 6.64. The van der Waals surface area contributed by atoms with Crippen LogP contribution in [0.2, 0.25) is 0 Å². The van der Waals surface area contributed by atoms with E-state index < -0.39 is 4.92 Å². The average molecular weight is 424 g/mol. The summed E-state index contributed by atoms with van der Waals surface area (Å²) >= 11 is 0. The van der Waals surface area contributed by atoms with Crippen LogP contribution < -0.4 is 9.47 Å². The van der Waals surface area contributed by atoms with Crippen molar-refractivity contribution in [2.45, 2.75) is 13.8 Å². The van der Waals surface area contributed by atoms with Gasteiger partial charge in [-0.25, -0.2) is 4.68 Å². The van der Waals surface area contributed by atoms with Gasteiger partial charge in [-0.15, -0.1) is 0 Å². The fourth-order valence-electron chi connectivity index (χ4n) is 3.26. The third kappa shape index (κ3) is 4.35. The lowest BCUT2D eigenvalue weighted by Gasteiger charge is -2.19. The Morgan fingerprint density at radius 3 is 2.29 bits per heavy atom. The van der Waals surface area contributed by atoms with Gasteiger partial charge < -0.3 is 14.4 Å². The molecule has 162 valence electrons. The Labute approximate surface area is 180 Å². The van der Waals surface area contributed by atoms with Crippen molar-refractivity contribution in [1.82, 2.24) is 14.7 Å². The van der Waals surface area contributed by atoms with E-state index in [2.05, 4.69) is 5.10 Å². The number of benzene rings is 2. The molecule has 0 spiro atoms. The monoisotopic (exact) mass is 424 g/mol. The van der Waals surface area contributed by atoms with Gasteiger partial charge in [-0.05, 0) is 44.2 Å². The van der Waals surface area contributed by atoms with Crippen LogP contribution in [0, 0.1) is 10.1 Å². The smallest absolute Gasteiger partial charge is 0.272 e. The minimum atomic E-state index is -0.470. The molecule has 3 aromatic rings. The van der Waals surface area contributed by atoms with Crippen LogP contribution in [0.3, 0.4) is 0 Å². The summed E-state index contributed by atoms with van der Waals surface area (Å²) in [7, 11) is 3.12. The first kappa shape index (κ1) is 21.8. The maximum atomic E-state index is 13.2. The summed E-state index contributed by atoms with van der Waals surface area (Å²) in [4.78, 5) is 25.4. The third-order valence-electron chi connectivity index (χ3n) is 4.97. The van der Waals surface area contributed by atoms with E-state index >= 15 is 0 Å². The molecule has 0 unspecified atom stereocenters. The van der Waals surface area contributed by atoms with Crippen molar-refractivity contribution >= 4 is 11.6 Å². The maximum Gasteiger partial charge on any atom is 0.272 e. The third-order valence-corrected chi connectivity index (χ3v) is 4.97. The molecule has 3 rings (SSSR count). The van der Waals surface area contributed by atoms with Crippen LogP contribution in [0.25, 0.3) is 16.9 Å². The second kappa shape index (κ2) is 9.29. The van der Waals surface area contributed by atoms with Crippen LogP contribution in [0.15, 0.2) is 48.5 Å². The molecule has 0 saturated carbocycles. The fourth-order valence-corrected chi connectivity index (χ4v) is 3.26. The number of hydrogen-bond acceptors (Lipinski definition) is 6. The normalized spacial score (nSPS) is 10.6. The van der Waals surface area contributed by atoms with Gasteiger partial charge in [0.05, 0.1) is 30.5 Å². The highest BCUT2D eigenvalue weighted by Crippen LogP contribution is 2.34. The molecule has 0 aliphatic carbocycles. The highest BCUT2D eigenvalue weighted by molar-refractivity contribution is 5.94. The zero-order valence-electron chi connectivity index (χ0n) is 17.9. The number of carbonyl (C=O) groups excluding carboxylic acids is 1. The number of aromatic nitrogens is 2. The molecule has 9 nitrogen and oxygen atoms in total. The van der Waals surface area contributed by atoms with Crippen molar-refractivity contribution in [1.29, 1.82) is 0 Å². The van der Waals surface area contributed by atoms with Crippen molar-refractivity contribution in [2.75, 3.05) is 27.3 Å². The van der Waals surface area contributed by atoms with E-state index in [1.54, 1.807) is 49.5 Å². The van der Waals surface area contributed by atoms with Crippen LogP contribution >= 0.6 is 0 Å². The van der Waals surface area contributed by atoms with Crippen molar-refractivity contribution in [3.05, 3.63) is 64.3 Å². The van der Waals surface area contributed by atoms with Crippen LogP contribution in [0.4, 0.5) is 5.69 Å². The summed E-state index contributed by atoms with van der Waals surface area (Å²) in [5, 5.41) is 15.6. The largest absolute Gasteiger partial charge is 0.497 e. The van der Waals surface area contributed by atoms with E-state index in [1.165, 1.54) is 16.8 Å². The van der Waals surface area contributed by atoms with E-state index in [-0.39, 0.29) is 11.6 Å². The summed E-state index contributed by atoms with van der Waals surface area (Å²) < 4.78 is 12.2. The molecule has 31 heavy (non-hydrogen) atoms. The minimum Gasteiger partial charge on any atom is -0.497 e. The molecule has 2 aromatic carbocycles. The summed E-state index contributed by atoms with van der Waals surface area (Å²) in [5.41, 5.74) is 2.08. The number of methoxy groups -OCH3 is 2. The number of rotatable bonds is 8. The minimum absolute atomic E-state index is 0.0374. The molecule has 9 heteroatoms. The summed E-state index contributed by atoms with van der Waals surface area (Å²) in [6, 6.07) is 12.9. The van der Waals surface area contributed by atoms with Crippen molar-refractivity contribution in [3.8, 4) is 28.4 Å². The van der Waals surface area contributed by atoms with E-state index in [1.807, 2.05) is 19.9 Å². The Morgan fingerprint density at radius 2 is 1.74 bits per heavy atom. The molecule has 0 radical (unpaired) electrons. The highest BCUT2D eigenvalue weighted by atomic mass is 16.6. The SMILES string of the molecule is CCN(CC)C(=O)c1cc(-c2ccc(OC)cc2OC)nn1-c1ccc([N+](=O)[O-])cc1. The zero-order chi connectivity index (χ0) is 22.5. The molecule has 0 atom stereocenters. The van der Waals surface area contributed by atoms with Gasteiger partial charge in [0.2, 0.25) is 0 Å². The molecule has 0 aliphatic heterocycles. The van der Waals surface area contributed by atoms with Gasteiger partial charge >= 0.3 is 0 Å². The first-order valence-corrected chi connectivity index (χ1v) is 9.80. The molecule has 1 aromatic heterocycles. The number of ether oxygens (including phenoxy) is 2. The number of nitro benzene ring substituents is 1. The molecular formula is C22H24N4O5. The summed E-state index contributed by atoms with van der Waals surface area (Å²) in [6.45, 7) is 4.90. The Hall–Kier alpha value is -3.88. The number of nitrogens with zero attached hydrogens (tertiary/aromatic N) is 4. The van der Waals surface area contributed by atoms with Crippen LogP contribution in [0.1, 0.15) is 24.3 Å². The van der Waals surface area contributed by atoms with E-state index in [4.69, 9.17) is 9.47 Å². The van der Waals surface area contributed by atoms with Gasteiger partial charge in [-0.1, -0.05) is 0 Å². The molecular weight excluding hydrogens is 400 g/mol. The molecule has 0 fully saturated rings. The van der Waals surface area contributed by atoms with Gasteiger partial charge in [0, 0.05) is 36.9 Å². The van der Waals surface area contributed by atoms with Crippen molar-refractivity contribution in [2.24, 2.45) is 0 Å². The lowest BCUT2D eigenvalue weighted by molar-refractivity contribution is -0.384. The number of carbonyl (C=O) groups is 1. The van der Waals surface area contributed by atoms with E-state index in [0.29, 0.717) is 47.2 Å². The zero-order valence-corrected chi connectivity index (χ0v) is 17.9. The second-order valence-corrected chi connectivity index (χ2v) is 6.64. The van der Waals surface area contributed by atoms with Crippen LogP contribution in [-0.2, 0) is 0 Å². The molecule has 0 saturated heterocycles. The number of hydrogen-bond donors (Lipinski definition) is 0. The van der Waals surface area contributed by atoms with Crippen LogP contribution in [-0.4, -0.2) is 52.8 Å². The van der Waals surface area contributed by atoms with E-state index in [9.17, 15) is 14.9 Å². The highest BCUT2D eigenvalue weighted by Gasteiger charge is 2.23. The van der Waals surface area contributed by atoms with Gasteiger partial charge in [-0.2, -0.15) is 5.10 Å². The lowest BCUT2D eigenvalue weighted by Crippen LogP contribution is -2.32. The maximum absolute atomic E-state index is 13.2. The van der Waals surface area contributed by atoms with E-state index in [0.717, 1.165) is 0 Å². The number of nitro groups is 1. The van der Waals surface area contributed by atoms with Gasteiger partial charge in [0.1, 0.15) is 17.2 Å². The van der Waals surface area contributed by atoms with Crippen molar-refractivity contribution in [3.63, 3.8) is 0 Å². The Bertz CT molecular complexity index is 1090. The number of non-ortho nitro benzene ring substituents is 1. The predicted octanol–water partition coefficient (Wildman–Crippen LogP) is 3.95. The van der Waals surface area contributed by atoms with Gasteiger partial charge in [0.15, 0.2) is 0 Å². The fraction of sp³-hybridized carbons (Fsp3) is 0.273. The Morgan fingerprint density at radius 1 is 1.06 bits per heavy atom. The van der Waals surface area contributed by atoms with Gasteiger partial charge in [-0.3, -0.25) is 14.9 Å². The average Bonchev–Trinajstić information content (AvgIpc) is 3.24. The Kier molecular flexibility index (Phi) is 6.54. The number of amides is 1. The summed E-state index contributed by atoms with van der Waals surface area (Å²) in [6.07, 6.45) is 0. The lowest BCUT2D eigenvalue weighted by atomic mass is 10.1. The first-order chi connectivity index (χ1) is 14.9. The first-order valence-electron chi connectivity index (χ1n) is 9.80. The van der Waals surface area contributed by atoms with Gasteiger partial charge in [0.25, 0.3) is 11.6 Å². The van der Waals surface area contributed by atoms with Crippen molar-refractivity contribution < 1.29 is 19.2 Å². The molecule has 0 bridgehead atoms. The predicted molar refractivity (Wildman–Crippen MR) is 116 cm³/mol. The molecule has 1 heterocycles. The van der Waals surface area contributed by atoms with Crippen LogP contribution in [0.5, 0.6) is 11.5 Å². The Balaban J connectivity index is 2.16. The standard InChI is InChI=1S/C22H24N4O5/c1-5-24(6-2)22(27)20-14-19(18-12-11-17(30-3)13-21(18)31-4)23-25(20)15-7-9-16(10-8-15)26(28)29/h7-14H,5-6H2,1-4H3.